The molecule has 0 aliphatic heterocycles. The van der Waals surface area contributed by atoms with E-state index in [4.69, 9.17) is 10.5 Å². The molecule has 3 atom stereocenters. The van der Waals surface area contributed by atoms with Crippen LogP contribution in [0, 0.1) is 11.8 Å². The van der Waals surface area contributed by atoms with Crippen LogP contribution < -0.4 is 10.5 Å². The van der Waals surface area contributed by atoms with Crippen molar-refractivity contribution in [3.05, 3.63) is 24.0 Å². The fourth-order valence-corrected chi connectivity index (χ4v) is 2.81. The van der Waals surface area contributed by atoms with E-state index in [0.29, 0.717) is 5.92 Å². The number of pyridine rings is 1. The second-order valence-corrected chi connectivity index (χ2v) is 5.22. The normalized spacial score (nSPS) is 26.5. The number of nitrogens with two attached hydrogens (primary N) is 1. The zero-order valence-electron chi connectivity index (χ0n) is 10.7. The molecule has 3 unspecified atom stereocenters. The summed E-state index contributed by atoms with van der Waals surface area (Å²) in [6.45, 7) is 2.32. The number of hydrogen-bond acceptors (Lipinski definition) is 3. The first kappa shape index (κ1) is 12.4. The predicted octanol–water partition coefficient (Wildman–Crippen LogP) is 2.92. The van der Waals surface area contributed by atoms with Crippen molar-refractivity contribution >= 4 is 0 Å². The van der Waals surface area contributed by atoms with E-state index in [0.717, 1.165) is 17.2 Å². The van der Waals surface area contributed by atoms with E-state index in [1.807, 2.05) is 12.3 Å². The maximum Gasteiger partial charge on any atom is 0.137 e. The number of hydrogen-bond donors (Lipinski definition) is 1. The van der Waals surface area contributed by atoms with Crippen LogP contribution in [0.3, 0.4) is 0 Å². The lowest BCUT2D eigenvalue weighted by molar-refractivity contribution is 0.247. The monoisotopic (exact) mass is 234 g/mol. The summed E-state index contributed by atoms with van der Waals surface area (Å²) in [6, 6.07) is 2.11. The van der Waals surface area contributed by atoms with Gasteiger partial charge in [0.05, 0.1) is 13.3 Å². The molecule has 0 radical (unpaired) electrons. The van der Waals surface area contributed by atoms with Crippen LogP contribution in [0.4, 0.5) is 0 Å². The minimum absolute atomic E-state index is 0.0975. The third-order valence-corrected chi connectivity index (χ3v) is 3.84. The molecule has 3 heteroatoms. The summed E-state index contributed by atoms with van der Waals surface area (Å²) in [4.78, 5) is 4.19. The maximum absolute atomic E-state index is 6.36. The van der Waals surface area contributed by atoms with Gasteiger partial charge in [0.1, 0.15) is 5.75 Å². The summed E-state index contributed by atoms with van der Waals surface area (Å²) < 4.78 is 5.20. The van der Waals surface area contributed by atoms with Gasteiger partial charge in [-0.2, -0.15) is 0 Å². The Kier molecular flexibility index (Phi) is 4.00. The molecule has 1 fully saturated rings. The number of rotatable bonds is 3. The molecule has 0 amide bonds. The van der Waals surface area contributed by atoms with Crippen molar-refractivity contribution in [1.82, 2.24) is 4.98 Å². The van der Waals surface area contributed by atoms with E-state index in [2.05, 4.69) is 11.9 Å². The Hall–Kier alpha value is -1.09. The van der Waals surface area contributed by atoms with Crippen LogP contribution in [-0.4, -0.2) is 12.1 Å². The average Bonchev–Trinajstić information content (AvgIpc) is 2.38. The average molecular weight is 234 g/mol. The van der Waals surface area contributed by atoms with Gasteiger partial charge in [-0.1, -0.05) is 19.8 Å². The molecule has 3 nitrogen and oxygen atoms in total. The highest BCUT2D eigenvalue weighted by atomic mass is 16.5. The van der Waals surface area contributed by atoms with Crippen LogP contribution >= 0.6 is 0 Å². The van der Waals surface area contributed by atoms with Crippen LogP contribution in [0.1, 0.15) is 44.2 Å². The molecular formula is C14H22N2O. The van der Waals surface area contributed by atoms with Crippen LogP contribution in [0.25, 0.3) is 0 Å². The molecule has 1 saturated carbocycles. The second-order valence-electron chi connectivity index (χ2n) is 5.22. The lowest BCUT2D eigenvalue weighted by Crippen LogP contribution is -2.26. The highest BCUT2D eigenvalue weighted by Gasteiger charge is 2.25. The van der Waals surface area contributed by atoms with Crippen LogP contribution in [0.15, 0.2) is 18.5 Å². The molecule has 17 heavy (non-hydrogen) atoms. The van der Waals surface area contributed by atoms with Crippen molar-refractivity contribution < 1.29 is 4.74 Å². The van der Waals surface area contributed by atoms with Gasteiger partial charge in [0.25, 0.3) is 0 Å². The Morgan fingerprint density at radius 3 is 2.94 bits per heavy atom. The molecule has 1 aromatic heterocycles. The van der Waals surface area contributed by atoms with E-state index in [9.17, 15) is 0 Å². The zero-order valence-corrected chi connectivity index (χ0v) is 10.7. The van der Waals surface area contributed by atoms with Gasteiger partial charge in [-0.15, -0.1) is 0 Å². The van der Waals surface area contributed by atoms with E-state index >= 15 is 0 Å². The second kappa shape index (κ2) is 5.50. The lowest BCUT2D eigenvalue weighted by Gasteiger charge is -2.31. The summed E-state index contributed by atoms with van der Waals surface area (Å²) in [5.41, 5.74) is 7.46. The SMILES string of the molecule is COc1cncc(C(N)C2CCCC(C)C2)c1. The molecule has 1 aliphatic rings. The first-order valence-electron chi connectivity index (χ1n) is 6.45. The van der Waals surface area contributed by atoms with Crippen molar-refractivity contribution in [3.63, 3.8) is 0 Å². The first-order chi connectivity index (χ1) is 8.20. The smallest absolute Gasteiger partial charge is 0.137 e. The Morgan fingerprint density at radius 2 is 2.24 bits per heavy atom. The predicted molar refractivity (Wildman–Crippen MR) is 68.8 cm³/mol. The molecule has 1 aliphatic carbocycles. The molecule has 0 bridgehead atoms. The van der Waals surface area contributed by atoms with Crippen LogP contribution in [0.5, 0.6) is 5.75 Å². The summed E-state index contributed by atoms with van der Waals surface area (Å²) in [5.74, 6) is 2.19. The van der Waals surface area contributed by atoms with Crippen molar-refractivity contribution in [2.75, 3.05) is 7.11 Å². The molecule has 0 aromatic carbocycles. The van der Waals surface area contributed by atoms with E-state index in [-0.39, 0.29) is 6.04 Å². The highest BCUT2D eigenvalue weighted by molar-refractivity contribution is 5.26. The minimum atomic E-state index is 0.0975. The highest BCUT2D eigenvalue weighted by Crippen LogP contribution is 2.36. The Bertz CT molecular complexity index is 367. The van der Waals surface area contributed by atoms with Gasteiger partial charge in [0.2, 0.25) is 0 Å². The summed E-state index contributed by atoms with van der Waals surface area (Å²) in [6.07, 6.45) is 8.71. The van der Waals surface area contributed by atoms with E-state index in [1.54, 1.807) is 13.3 Å². The number of aromatic nitrogens is 1. The van der Waals surface area contributed by atoms with Gasteiger partial charge in [0.15, 0.2) is 0 Å². The van der Waals surface area contributed by atoms with Crippen LogP contribution in [0.2, 0.25) is 0 Å². The Morgan fingerprint density at radius 1 is 1.41 bits per heavy atom. The number of nitrogens with zero attached hydrogens (tertiary/aromatic N) is 1. The molecular weight excluding hydrogens is 212 g/mol. The molecule has 0 spiro atoms. The molecule has 0 saturated heterocycles. The summed E-state index contributed by atoms with van der Waals surface area (Å²) in [5, 5.41) is 0. The maximum atomic E-state index is 6.36. The third kappa shape index (κ3) is 2.97. The standard InChI is InChI=1S/C14H22N2O/c1-10-4-3-5-11(6-10)14(15)12-7-13(17-2)9-16-8-12/h7-11,14H,3-6,15H2,1-2H3. The quantitative estimate of drug-likeness (QED) is 0.874. The summed E-state index contributed by atoms with van der Waals surface area (Å²) in [7, 11) is 1.66. The molecule has 2 N–H and O–H groups in total. The zero-order chi connectivity index (χ0) is 12.3. The summed E-state index contributed by atoms with van der Waals surface area (Å²) >= 11 is 0. The fourth-order valence-electron chi connectivity index (χ4n) is 2.81. The van der Waals surface area contributed by atoms with Gasteiger partial charge < -0.3 is 10.5 Å². The number of methoxy groups -OCH3 is 1. The Labute approximate surface area is 103 Å². The Balaban J connectivity index is 2.09. The van der Waals surface area contributed by atoms with Crippen molar-refractivity contribution in [2.45, 2.75) is 38.6 Å². The van der Waals surface area contributed by atoms with E-state index in [1.165, 1.54) is 25.7 Å². The largest absolute Gasteiger partial charge is 0.495 e. The van der Waals surface area contributed by atoms with Crippen molar-refractivity contribution in [2.24, 2.45) is 17.6 Å². The third-order valence-electron chi connectivity index (χ3n) is 3.84. The lowest BCUT2D eigenvalue weighted by atomic mass is 9.77. The van der Waals surface area contributed by atoms with Gasteiger partial charge >= 0.3 is 0 Å². The van der Waals surface area contributed by atoms with Crippen molar-refractivity contribution in [3.8, 4) is 5.75 Å². The topological polar surface area (TPSA) is 48.1 Å². The molecule has 2 rings (SSSR count). The fraction of sp³-hybridized carbons (Fsp3) is 0.643. The molecule has 1 aromatic rings. The molecule has 94 valence electrons. The van der Waals surface area contributed by atoms with Crippen LogP contribution in [-0.2, 0) is 0 Å². The number of ether oxygens (including phenoxy) is 1. The van der Waals surface area contributed by atoms with Gasteiger partial charge in [0, 0.05) is 12.2 Å². The minimum Gasteiger partial charge on any atom is -0.495 e. The van der Waals surface area contributed by atoms with Crippen molar-refractivity contribution in [1.29, 1.82) is 0 Å². The molecule has 1 heterocycles. The van der Waals surface area contributed by atoms with Gasteiger partial charge in [-0.3, -0.25) is 4.98 Å². The van der Waals surface area contributed by atoms with Gasteiger partial charge in [-0.05, 0) is 36.3 Å². The first-order valence-corrected chi connectivity index (χ1v) is 6.45. The van der Waals surface area contributed by atoms with Gasteiger partial charge in [-0.25, -0.2) is 0 Å². The van der Waals surface area contributed by atoms with E-state index < -0.39 is 0 Å².